The maximum atomic E-state index is 13.6. The Morgan fingerprint density at radius 2 is 1.63 bits per heavy atom. The molecule has 0 fully saturated rings. The van der Waals surface area contributed by atoms with Gasteiger partial charge in [0.15, 0.2) is 11.5 Å². The maximum Gasteiger partial charge on any atom is 0.254 e. The number of carbonyl (C=O) groups excluding carboxylic acids is 2. The Bertz CT molecular complexity index is 1380. The molecule has 0 spiro atoms. The molecule has 7 heteroatoms. The summed E-state index contributed by atoms with van der Waals surface area (Å²) in [4.78, 5) is 30.5. The van der Waals surface area contributed by atoms with Crippen molar-refractivity contribution in [1.29, 1.82) is 0 Å². The van der Waals surface area contributed by atoms with Gasteiger partial charge in [0.2, 0.25) is 5.91 Å². The van der Waals surface area contributed by atoms with Crippen LogP contribution in [0.1, 0.15) is 35.5 Å². The Kier molecular flexibility index (Phi) is 8.69. The number of benzene rings is 3. The maximum absolute atomic E-state index is 13.6. The van der Waals surface area contributed by atoms with Crippen molar-refractivity contribution < 1.29 is 23.5 Å². The SMILES string of the molecule is COc1ccc(CCN(Cc2ccco2)C(=O)CN(C(=O)c2ccc3ccccc3c2)C(C)C)cc1OC. The third kappa shape index (κ3) is 6.35. The smallest absolute Gasteiger partial charge is 0.254 e. The standard InChI is InChI=1S/C31H34N2O5/c1-22(2)33(31(35)26-13-12-24-8-5-6-9-25(24)19-26)21-30(34)32(20-27-10-7-17-38-27)16-15-23-11-14-28(36-3)29(18-23)37-4/h5-14,17-19,22H,15-16,20-21H2,1-4H3. The summed E-state index contributed by atoms with van der Waals surface area (Å²) in [6, 6.07) is 22.8. The van der Waals surface area contributed by atoms with Gasteiger partial charge in [0.05, 0.1) is 27.0 Å². The van der Waals surface area contributed by atoms with Crippen LogP contribution in [-0.4, -0.2) is 55.0 Å². The number of furan rings is 1. The largest absolute Gasteiger partial charge is 0.493 e. The first-order chi connectivity index (χ1) is 18.4. The summed E-state index contributed by atoms with van der Waals surface area (Å²) >= 11 is 0. The molecule has 2 amide bonds. The number of fused-ring (bicyclic) bond motifs is 1. The van der Waals surface area contributed by atoms with Crippen LogP contribution in [0.5, 0.6) is 11.5 Å². The molecule has 3 aromatic carbocycles. The molecule has 4 rings (SSSR count). The molecule has 0 atom stereocenters. The number of ether oxygens (including phenoxy) is 2. The number of methoxy groups -OCH3 is 2. The van der Waals surface area contributed by atoms with Crippen LogP contribution in [0.2, 0.25) is 0 Å². The second kappa shape index (κ2) is 12.3. The predicted molar refractivity (Wildman–Crippen MR) is 147 cm³/mol. The van der Waals surface area contributed by atoms with E-state index in [0.717, 1.165) is 16.3 Å². The Morgan fingerprint density at radius 3 is 2.32 bits per heavy atom. The van der Waals surface area contributed by atoms with Gasteiger partial charge in [-0.05, 0) is 73.0 Å². The molecule has 38 heavy (non-hydrogen) atoms. The zero-order valence-electron chi connectivity index (χ0n) is 22.3. The van der Waals surface area contributed by atoms with E-state index in [2.05, 4.69) is 0 Å². The Hall–Kier alpha value is -4.26. The van der Waals surface area contributed by atoms with Crippen LogP contribution >= 0.6 is 0 Å². The van der Waals surface area contributed by atoms with E-state index >= 15 is 0 Å². The van der Waals surface area contributed by atoms with Crippen LogP contribution in [0.3, 0.4) is 0 Å². The normalized spacial score (nSPS) is 11.0. The number of hydrogen-bond donors (Lipinski definition) is 0. The number of carbonyl (C=O) groups is 2. The predicted octanol–water partition coefficient (Wildman–Crippen LogP) is 5.57. The average molecular weight is 515 g/mol. The molecule has 198 valence electrons. The minimum Gasteiger partial charge on any atom is -0.493 e. The summed E-state index contributed by atoms with van der Waals surface area (Å²) in [7, 11) is 3.20. The minimum atomic E-state index is -0.169. The fourth-order valence-corrected chi connectivity index (χ4v) is 4.41. The highest BCUT2D eigenvalue weighted by Gasteiger charge is 2.25. The zero-order valence-corrected chi connectivity index (χ0v) is 22.3. The number of hydrogen-bond acceptors (Lipinski definition) is 5. The number of rotatable bonds is 11. The van der Waals surface area contributed by atoms with E-state index in [1.54, 1.807) is 36.3 Å². The average Bonchev–Trinajstić information content (AvgIpc) is 3.46. The van der Waals surface area contributed by atoms with Gasteiger partial charge in [-0.3, -0.25) is 9.59 Å². The minimum absolute atomic E-state index is 0.0318. The number of nitrogens with zero attached hydrogens (tertiary/aromatic N) is 2. The molecule has 1 aromatic heterocycles. The third-order valence-corrected chi connectivity index (χ3v) is 6.58. The van der Waals surface area contributed by atoms with Crippen LogP contribution in [0.15, 0.2) is 83.5 Å². The van der Waals surface area contributed by atoms with Crippen molar-refractivity contribution in [2.75, 3.05) is 27.3 Å². The molecule has 7 nitrogen and oxygen atoms in total. The van der Waals surface area contributed by atoms with Crippen LogP contribution in [0.25, 0.3) is 10.8 Å². The molecule has 0 bridgehead atoms. The molecular formula is C31H34N2O5. The van der Waals surface area contributed by atoms with Crippen molar-refractivity contribution >= 4 is 22.6 Å². The summed E-state index contributed by atoms with van der Waals surface area (Å²) in [6.07, 6.45) is 2.20. The van der Waals surface area contributed by atoms with Crippen molar-refractivity contribution in [3.63, 3.8) is 0 Å². The van der Waals surface area contributed by atoms with Crippen LogP contribution in [0, 0.1) is 0 Å². The van der Waals surface area contributed by atoms with Gasteiger partial charge in [-0.15, -0.1) is 0 Å². The Morgan fingerprint density at radius 1 is 0.868 bits per heavy atom. The lowest BCUT2D eigenvalue weighted by atomic mass is 10.1. The summed E-state index contributed by atoms with van der Waals surface area (Å²) in [6.45, 7) is 4.58. The molecule has 1 heterocycles. The van der Waals surface area contributed by atoms with Gasteiger partial charge < -0.3 is 23.7 Å². The van der Waals surface area contributed by atoms with Gasteiger partial charge in [0.25, 0.3) is 5.91 Å². The van der Waals surface area contributed by atoms with Crippen LogP contribution in [0.4, 0.5) is 0 Å². The van der Waals surface area contributed by atoms with Gasteiger partial charge in [0, 0.05) is 18.2 Å². The highest BCUT2D eigenvalue weighted by atomic mass is 16.5. The van der Waals surface area contributed by atoms with E-state index in [1.807, 2.05) is 80.6 Å². The molecular weight excluding hydrogens is 480 g/mol. The molecule has 0 unspecified atom stereocenters. The lowest BCUT2D eigenvalue weighted by molar-refractivity contribution is -0.133. The van der Waals surface area contributed by atoms with Crippen molar-refractivity contribution in [3.05, 3.63) is 95.9 Å². The van der Waals surface area contributed by atoms with E-state index in [9.17, 15) is 9.59 Å². The lowest BCUT2D eigenvalue weighted by Crippen LogP contribution is -2.46. The number of amides is 2. The molecule has 0 saturated heterocycles. The van der Waals surface area contributed by atoms with Gasteiger partial charge in [0.1, 0.15) is 12.3 Å². The summed E-state index contributed by atoms with van der Waals surface area (Å²) in [5.41, 5.74) is 1.57. The molecule has 0 radical (unpaired) electrons. The van der Waals surface area contributed by atoms with Gasteiger partial charge >= 0.3 is 0 Å². The van der Waals surface area contributed by atoms with Gasteiger partial charge in [-0.2, -0.15) is 0 Å². The van der Waals surface area contributed by atoms with Gasteiger partial charge in [-0.1, -0.05) is 36.4 Å². The van der Waals surface area contributed by atoms with E-state index in [0.29, 0.717) is 42.3 Å². The Balaban J connectivity index is 1.52. The highest BCUT2D eigenvalue weighted by Crippen LogP contribution is 2.28. The van der Waals surface area contributed by atoms with Crippen LogP contribution in [-0.2, 0) is 17.8 Å². The second-order valence-electron chi connectivity index (χ2n) is 9.42. The topological polar surface area (TPSA) is 72.2 Å². The summed E-state index contributed by atoms with van der Waals surface area (Å²) in [5, 5.41) is 2.05. The van der Waals surface area contributed by atoms with Crippen LogP contribution < -0.4 is 9.47 Å². The molecule has 0 aliphatic rings. The fourth-order valence-electron chi connectivity index (χ4n) is 4.41. The molecule has 0 aliphatic heterocycles. The molecule has 0 aliphatic carbocycles. The molecule has 0 saturated carbocycles. The van der Waals surface area contributed by atoms with E-state index < -0.39 is 0 Å². The fraction of sp³-hybridized carbons (Fsp3) is 0.290. The highest BCUT2D eigenvalue weighted by molar-refractivity contribution is 6.00. The first-order valence-corrected chi connectivity index (χ1v) is 12.7. The van der Waals surface area contributed by atoms with E-state index in [-0.39, 0.29) is 24.4 Å². The van der Waals surface area contributed by atoms with E-state index in [4.69, 9.17) is 13.9 Å². The first kappa shape index (κ1) is 26.8. The van der Waals surface area contributed by atoms with E-state index in [1.165, 1.54) is 0 Å². The summed E-state index contributed by atoms with van der Waals surface area (Å²) in [5.74, 6) is 1.66. The van der Waals surface area contributed by atoms with Crippen molar-refractivity contribution in [3.8, 4) is 11.5 Å². The van der Waals surface area contributed by atoms with Crippen molar-refractivity contribution in [2.24, 2.45) is 0 Å². The zero-order chi connectivity index (χ0) is 27.1. The quantitative estimate of drug-likeness (QED) is 0.262. The van der Waals surface area contributed by atoms with Gasteiger partial charge in [-0.25, -0.2) is 0 Å². The second-order valence-corrected chi connectivity index (χ2v) is 9.42. The first-order valence-electron chi connectivity index (χ1n) is 12.7. The monoisotopic (exact) mass is 514 g/mol. The Labute approximate surface area is 223 Å². The van der Waals surface area contributed by atoms with Crippen molar-refractivity contribution in [2.45, 2.75) is 32.9 Å². The van der Waals surface area contributed by atoms with Crippen molar-refractivity contribution in [1.82, 2.24) is 9.80 Å². The lowest BCUT2D eigenvalue weighted by Gasteiger charge is -2.30. The third-order valence-electron chi connectivity index (χ3n) is 6.58. The molecule has 0 N–H and O–H groups in total. The summed E-state index contributed by atoms with van der Waals surface area (Å²) < 4.78 is 16.3. The molecule has 4 aromatic rings.